The molecule has 0 amide bonds. The van der Waals surface area contributed by atoms with E-state index in [1.165, 1.54) is 18.6 Å². The van der Waals surface area contributed by atoms with Crippen LogP contribution in [0.5, 0.6) is 0 Å². The van der Waals surface area contributed by atoms with Crippen molar-refractivity contribution >= 4 is 21.6 Å². The third-order valence-electron chi connectivity index (χ3n) is 4.35. The summed E-state index contributed by atoms with van der Waals surface area (Å²) in [5.41, 5.74) is 0.796. The maximum absolute atomic E-state index is 14.2. The van der Waals surface area contributed by atoms with Crippen LogP contribution in [0.3, 0.4) is 0 Å². The van der Waals surface area contributed by atoms with E-state index in [2.05, 4.69) is 20.8 Å². The Hall–Kier alpha value is -0.680. The van der Waals surface area contributed by atoms with E-state index in [9.17, 15) is 8.78 Å². The minimum Gasteiger partial charge on any atom is -0.365 e. The number of nitrogens with zero attached hydrogens (tertiary/aromatic N) is 2. The molecule has 110 valence electrons. The van der Waals surface area contributed by atoms with Gasteiger partial charge in [0.05, 0.1) is 0 Å². The normalized spacial score (nSPS) is 23.8. The molecule has 2 nitrogen and oxygen atoms in total. The van der Waals surface area contributed by atoms with Gasteiger partial charge in [0.1, 0.15) is 17.3 Å². The van der Waals surface area contributed by atoms with Gasteiger partial charge in [0, 0.05) is 31.0 Å². The molecule has 1 aromatic rings. The number of hydrogen-bond acceptors (Lipinski definition) is 2. The van der Waals surface area contributed by atoms with Crippen LogP contribution in [0.15, 0.2) is 12.1 Å². The van der Waals surface area contributed by atoms with Crippen molar-refractivity contribution in [3.8, 4) is 0 Å². The predicted molar refractivity (Wildman–Crippen MR) is 80.4 cm³/mol. The molecule has 2 heterocycles. The molecule has 0 bridgehead atoms. The second-order valence-electron chi connectivity index (χ2n) is 5.67. The molecule has 0 spiro atoms. The van der Waals surface area contributed by atoms with Crippen LogP contribution < -0.4 is 4.90 Å². The van der Waals surface area contributed by atoms with Gasteiger partial charge < -0.3 is 4.90 Å². The number of rotatable bonds is 2. The molecular weight excluding hydrogens is 326 g/mol. The molecule has 3 rings (SSSR count). The van der Waals surface area contributed by atoms with Crippen molar-refractivity contribution in [2.45, 2.75) is 30.6 Å². The molecule has 0 aromatic heterocycles. The maximum atomic E-state index is 14.2. The second kappa shape index (κ2) is 5.98. The molecule has 0 aliphatic carbocycles. The Morgan fingerprint density at radius 3 is 2.50 bits per heavy atom. The minimum atomic E-state index is -0.439. The van der Waals surface area contributed by atoms with Gasteiger partial charge in [0.15, 0.2) is 0 Å². The van der Waals surface area contributed by atoms with Crippen LogP contribution >= 0.6 is 15.9 Å². The number of halogens is 3. The highest BCUT2D eigenvalue weighted by Crippen LogP contribution is 2.30. The van der Waals surface area contributed by atoms with E-state index in [0.717, 1.165) is 39.0 Å². The summed E-state index contributed by atoms with van der Waals surface area (Å²) in [5.74, 6) is -0.878. The summed E-state index contributed by atoms with van der Waals surface area (Å²) in [5, 5.41) is 0.470. The highest BCUT2D eigenvalue weighted by molar-refractivity contribution is 9.08. The Morgan fingerprint density at radius 2 is 1.80 bits per heavy atom. The number of hydrogen-bond donors (Lipinski definition) is 0. The maximum Gasteiger partial charge on any atom is 0.149 e. The lowest BCUT2D eigenvalue weighted by molar-refractivity contribution is 0.273. The van der Waals surface area contributed by atoms with Crippen molar-refractivity contribution in [1.29, 1.82) is 0 Å². The Labute approximate surface area is 126 Å². The van der Waals surface area contributed by atoms with Gasteiger partial charge in [-0.3, -0.25) is 4.90 Å². The van der Waals surface area contributed by atoms with Crippen LogP contribution in [-0.2, 0) is 5.33 Å². The predicted octanol–water partition coefficient (Wildman–Crippen LogP) is 3.53. The molecular formula is C15H19BrF2N2. The lowest BCUT2D eigenvalue weighted by Crippen LogP contribution is -2.37. The third kappa shape index (κ3) is 2.70. The Morgan fingerprint density at radius 1 is 1.10 bits per heavy atom. The van der Waals surface area contributed by atoms with Gasteiger partial charge in [0.25, 0.3) is 0 Å². The van der Waals surface area contributed by atoms with Crippen molar-refractivity contribution < 1.29 is 8.78 Å². The first-order chi connectivity index (χ1) is 9.69. The van der Waals surface area contributed by atoms with Crippen LogP contribution in [0.2, 0.25) is 0 Å². The van der Waals surface area contributed by atoms with Gasteiger partial charge in [-0.25, -0.2) is 8.78 Å². The van der Waals surface area contributed by atoms with E-state index in [1.807, 2.05) is 4.90 Å². The molecule has 2 aliphatic rings. The van der Waals surface area contributed by atoms with Gasteiger partial charge in [-0.05, 0) is 43.5 Å². The summed E-state index contributed by atoms with van der Waals surface area (Å²) in [6.07, 6.45) is 3.31. The molecule has 0 saturated carbocycles. The van der Waals surface area contributed by atoms with Crippen molar-refractivity contribution in [3.63, 3.8) is 0 Å². The zero-order valence-electron chi connectivity index (χ0n) is 11.4. The molecule has 2 aliphatic heterocycles. The zero-order chi connectivity index (χ0) is 14.1. The van der Waals surface area contributed by atoms with Gasteiger partial charge in [-0.15, -0.1) is 0 Å². The SMILES string of the molecule is Fc1cc(CBr)cc(F)c1N1CCCN2CCCC2C1. The molecule has 0 radical (unpaired) electrons. The van der Waals surface area contributed by atoms with Crippen molar-refractivity contribution in [1.82, 2.24) is 4.90 Å². The fraction of sp³-hybridized carbons (Fsp3) is 0.600. The van der Waals surface area contributed by atoms with Crippen LogP contribution in [0.25, 0.3) is 0 Å². The summed E-state index contributed by atoms with van der Waals surface area (Å²) in [4.78, 5) is 4.36. The zero-order valence-corrected chi connectivity index (χ0v) is 13.0. The molecule has 1 unspecified atom stereocenters. The molecule has 1 aromatic carbocycles. The topological polar surface area (TPSA) is 6.48 Å². The molecule has 5 heteroatoms. The average Bonchev–Trinajstić information content (AvgIpc) is 2.76. The monoisotopic (exact) mass is 344 g/mol. The van der Waals surface area contributed by atoms with E-state index in [-0.39, 0.29) is 5.69 Å². The third-order valence-corrected chi connectivity index (χ3v) is 5.00. The molecule has 1 atom stereocenters. The highest BCUT2D eigenvalue weighted by atomic mass is 79.9. The van der Waals surface area contributed by atoms with Gasteiger partial charge >= 0.3 is 0 Å². The van der Waals surface area contributed by atoms with E-state index in [4.69, 9.17) is 0 Å². The van der Waals surface area contributed by atoms with Crippen LogP contribution in [0, 0.1) is 11.6 Å². The van der Waals surface area contributed by atoms with E-state index in [0.29, 0.717) is 16.9 Å². The fourth-order valence-corrected chi connectivity index (χ4v) is 3.73. The van der Waals surface area contributed by atoms with Gasteiger partial charge in [-0.2, -0.15) is 0 Å². The lowest BCUT2D eigenvalue weighted by atomic mass is 10.1. The van der Waals surface area contributed by atoms with Gasteiger partial charge in [-0.1, -0.05) is 15.9 Å². The van der Waals surface area contributed by atoms with Crippen molar-refractivity contribution in [3.05, 3.63) is 29.3 Å². The summed E-state index contributed by atoms with van der Waals surface area (Å²) in [7, 11) is 0. The summed E-state index contributed by atoms with van der Waals surface area (Å²) in [6, 6.07) is 3.32. The van der Waals surface area contributed by atoms with Crippen molar-refractivity contribution in [2.24, 2.45) is 0 Å². The standard InChI is InChI=1S/C15H19BrF2N2/c16-9-11-7-13(17)15(14(18)8-11)20-6-2-5-19-4-1-3-12(19)10-20/h7-8,12H,1-6,9-10H2. The average molecular weight is 345 g/mol. The van der Waals surface area contributed by atoms with E-state index in [1.54, 1.807) is 0 Å². The van der Waals surface area contributed by atoms with E-state index >= 15 is 0 Å². The molecule has 2 fully saturated rings. The fourth-order valence-electron chi connectivity index (χ4n) is 3.41. The quantitative estimate of drug-likeness (QED) is 0.757. The van der Waals surface area contributed by atoms with Gasteiger partial charge in [0.2, 0.25) is 0 Å². The Balaban J connectivity index is 1.88. The Bertz CT molecular complexity index is 472. The van der Waals surface area contributed by atoms with Crippen LogP contribution in [-0.4, -0.2) is 37.1 Å². The van der Waals surface area contributed by atoms with Crippen LogP contribution in [0.1, 0.15) is 24.8 Å². The minimum absolute atomic E-state index is 0.156. The highest BCUT2D eigenvalue weighted by Gasteiger charge is 2.30. The second-order valence-corrected chi connectivity index (χ2v) is 6.23. The Kier molecular flexibility index (Phi) is 4.26. The number of anilines is 1. The molecule has 0 N–H and O–H groups in total. The first-order valence-electron chi connectivity index (χ1n) is 7.22. The summed E-state index contributed by atoms with van der Waals surface area (Å²) >= 11 is 3.24. The number of fused-ring (bicyclic) bond motifs is 1. The van der Waals surface area contributed by atoms with Crippen molar-refractivity contribution in [2.75, 3.05) is 31.1 Å². The number of alkyl halides is 1. The first-order valence-corrected chi connectivity index (χ1v) is 8.34. The molecule has 2 saturated heterocycles. The largest absolute Gasteiger partial charge is 0.365 e. The smallest absolute Gasteiger partial charge is 0.149 e. The first kappa shape index (κ1) is 14.3. The number of benzene rings is 1. The molecule has 20 heavy (non-hydrogen) atoms. The van der Waals surface area contributed by atoms with E-state index < -0.39 is 11.6 Å². The summed E-state index contributed by atoms with van der Waals surface area (Å²) in [6.45, 7) is 3.64. The van der Waals surface area contributed by atoms with Crippen LogP contribution in [0.4, 0.5) is 14.5 Å². The summed E-state index contributed by atoms with van der Waals surface area (Å²) < 4.78 is 28.5. The lowest BCUT2D eigenvalue weighted by Gasteiger charge is -2.28.